The number of aromatic nitrogens is 2. The number of carbonyl (C=O) groups excluding carboxylic acids is 1. The van der Waals surface area contributed by atoms with E-state index in [1.807, 2.05) is 63.2 Å². The molecule has 1 aromatic carbocycles. The largest absolute Gasteiger partial charge is 0.465 e. The Morgan fingerprint density at radius 3 is 2.45 bits per heavy atom. The predicted molar refractivity (Wildman–Crippen MR) is 164 cm³/mol. The highest BCUT2D eigenvalue weighted by Gasteiger charge is 2.31. The molecule has 0 unspecified atom stereocenters. The summed E-state index contributed by atoms with van der Waals surface area (Å²) in [5.74, 6) is 1.28. The zero-order valence-electron chi connectivity index (χ0n) is 24.8. The molecule has 226 valence electrons. The second-order valence-electron chi connectivity index (χ2n) is 11.9. The lowest BCUT2D eigenvalue weighted by atomic mass is 9.81. The number of hydrogen-bond acceptors (Lipinski definition) is 7. The fourth-order valence-corrected chi connectivity index (χ4v) is 5.43. The Hall–Kier alpha value is -3.76. The lowest BCUT2D eigenvalue weighted by Gasteiger charge is -2.38. The molecule has 0 saturated heterocycles. The first-order chi connectivity index (χ1) is 20.2. The molecule has 0 spiro atoms. The number of pyridine rings is 2. The van der Waals surface area contributed by atoms with Crippen molar-refractivity contribution in [3.63, 3.8) is 0 Å². The molecular formula is C32H43N5O5. The molecule has 2 amide bonds. The molecule has 10 heteroatoms. The lowest BCUT2D eigenvalue weighted by Crippen LogP contribution is -2.47. The van der Waals surface area contributed by atoms with E-state index >= 15 is 0 Å². The maximum atomic E-state index is 13.5. The minimum atomic E-state index is -0.871. The van der Waals surface area contributed by atoms with Crippen LogP contribution in [0.1, 0.15) is 56.8 Å². The van der Waals surface area contributed by atoms with Gasteiger partial charge in [-0.1, -0.05) is 18.2 Å². The fourth-order valence-electron chi connectivity index (χ4n) is 5.43. The third-order valence-corrected chi connectivity index (χ3v) is 7.81. The molecule has 1 aliphatic rings. The van der Waals surface area contributed by atoms with Crippen LogP contribution >= 0.6 is 0 Å². The van der Waals surface area contributed by atoms with Gasteiger partial charge in [-0.3, -0.25) is 4.79 Å². The minimum absolute atomic E-state index is 0.000288. The average Bonchev–Trinajstić information content (AvgIpc) is 2.98. The molecule has 2 aromatic heterocycles. The quantitative estimate of drug-likeness (QED) is 0.220. The van der Waals surface area contributed by atoms with Crippen LogP contribution in [0.25, 0.3) is 22.2 Å². The number of nitrogens with zero attached hydrogens (tertiary/aromatic N) is 3. The summed E-state index contributed by atoms with van der Waals surface area (Å²) in [7, 11) is 0. The third-order valence-electron chi connectivity index (χ3n) is 7.81. The first-order valence-electron chi connectivity index (χ1n) is 14.7. The summed E-state index contributed by atoms with van der Waals surface area (Å²) in [6.07, 6.45) is 4.70. The molecule has 10 nitrogen and oxygen atoms in total. The molecule has 1 saturated carbocycles. The van der Waals surface area contributed by atoms with Crippen molar-refractivity contribution in [2.45, 2.75) is 52.0 Å². The number of para-hydroxylation sites is 1. The van der Waals surface area contributed by atoms with Crippen LogP contribution in [0.3, 0.4) is 0 Å². The minimum Gasteiger partial charge on any atom is -0.465 e. The summed E-state index contributed by atoms with van der Waals surface area (Å²) in [6.45, 7) is 8.28. The first kappa shape index (κ1) is 31.2. The maximum Gasteiger partial charge on any atom is 0.407 e. The van der Waals surface area contributed by atoms with Gasteiger partial charge >= 0.3 is 6.09 Å². The molecule has 0 radical (unpaired) electrons. The van der Waals surface area contributed by atoms with Gasteiger partial charge in [0.2, 0.25) is 0 Å². The number of ether oxygens (including phenoxy) is 1. The van der Waals surface area contributed by atoms with Crippen LogP contribution in [-0.2, 0) is 4.74 Å². The topological polar surface area (TPSA) is 137 Å². The Bertz CT molecular complexity index is 1330. The van der Waals surface area contributed by atoms with Crippen LogP contribution in [0.15, 0.2) is 48.7 Å². The molecule has 2 heterocycles. The summed E-state index contributed by atoms with van der Waals surface area (Å²) in [5, 5.41) is 25.6. The van der Waals surface area contributed by atoms with E-state index in [1.54, 1.807) is 11.1 Å². The lowest BCUT2D eigenvalue weighted by molar-refractivity contribution is 0.0786. The van der Waals surface area contributed by atoms with Crippen LogP contribution in [-0.4, -0.2) is 82.1 Å². The zero-order chi connectivity index (χ0) is 30.1. The number of fused-ring (bicyclic) bond motifs is 1. The average molecular weight is 578 g/mol. The van der Waals surface area contributed by atoms with E-state index in [9.17, 15) is 14.7 Å². The number of rotatable bonds is 12. The van der Waals surface area contributed by atoms with E-state index < -0.39 is 11.6 Å². The van der Waals surface area contributed by atoms with Crippen LogP contribution in [0.4, 0.5) is 10.6 Å². The molecule has 1 fully saturated rings. The number of nitrogens with one attached hydrogen (secondary N) is 2. The van der Waals surface area contributed by atoms with Crippen molar-refractivity contribution in [1.29, 1.82) is 0 Å². The number of benzene rings is 1. The van der Waals surface area contributed by atoms with Crippen molar-refractivity contribution >= 4 is 28.7 Å². The number of anilines is 1. The molecular weight excluding hydrogens is 534 g/mol. The van der Waals surface area contributed by atoms with Crippen molar-refractivity contribution in [3.05, 3.63) is 54.2 Å². The van der Waals surface area contributed by atoms with Gasteiger partial charge < -0.3 is 30.5 Å². The van der Waals surface area contributed by atoms with E-state index in [-0.39, 0.29) is 12.5 Å². The highest BCUT2D eigenvalue weighted by Crippen LogP contribution is 2.31. The molecule has 3 aromatic rings. The second-order valence-corrected chi connectivity index (χ2v) is 11.9. The second kappa shape index (κ2) is 14.4. The van der Waals surface area contributed by atoms with Gasteiger partial charge in [-0.05, 0) is 82.6 Å². The van der Waals surface area contributed by atoms with Crippen molar-refractivity contribution in [3.8, 4) is 11.3 Å². The number of carbonyl (C=O) groups is 2. The van der Waals surface area contributed by atoms with Crippen LogP contribution in [0, 0.1) is 11.8 Å². The molecule has 0 bridgehead atoms. The monoisotopic (exact) mass is 577 g/mol. The third kappa shape index (κ3) is 8.39. The van der Waals surface area contributed by atoms with Gasteiger partial charge in [-0.25, -0.2) is 14.8 Å². The molecule has 42 heavy (non-hydrogen) atoms. The summed E-state index contributed by atoms with van der Waals surface area (Å²) in [4.78, 5) is 36.0. The van der Waals surface area contributed by atoms with Gasteiger partial charge in [0.05, 0.1) is 36.6 Å². The number of aliphatic hydroxyl groups is 1. The molecule has 1 aliphatic carbocycles. The van der Waals surface area contributed by atoms with Gasteiger partial charge in [-0.15, -0.1) is 0 Å². The van der Waals surface area contributed by atoms with E-state index in [2.05, 4.69) is 15.6 Å². The predicted octanol–water partition coefficient (Wildman–Crippen LogP) is 5.03. The maximum absolute atomic E-state index is 13.5. The number of amides is 2. The van der Waals surface area contributed by atoms with E-state index in [0.29, 0.717) is 61.8 Å². The Kier molecular flexibility index (Phi) is 10.7. The van der Waals surface area contributed by atoms with Crippen molar-refractivity contribution in [2.24, 2.45) is 11.8 Å². The highest BCUT2D eigenvalue weighted by atomic mass is 16.5. The Morgan fingerprint density at radius 1 is 1.05 bits per heavy atom. The van der Waals surface area contributed by atoms with Gasteiger partial charge in [0.15, 0.2) is 0 Å². The fraction of sp³-hybridized carbons (Fsp3) is 0.500. The van der Waals surface area contributed by atoms with E-state index in [0.717, 1.165) is 42.1 Å². The normalized spacial score (nSPS) is 17.1. The van der Waals surface area contributed by atoms with E-state index in [4.69, 9.17) is 14.8 Å². The van der Waals surface area contributed by atoms with Crippen LogP contribution < -0.4 is 10.6 Å². The summed E-state index contributed by atoms with van der Waals surface area (Å²) in [6, 6.07) is 13.3. The van der Waals surface area contributed by atoms with Gasteiger partial charge in [0, 0.05) is 42.3 Å². The van der Waals surface area contributed by atoms with Gasteiger partial charge in [0.1, 0.15) is 5.82 Å². The molecule has 0 atom stereocenters. The molecule has 0 aliphatic heterocycles. The van der Waals surface area contributed by atoms with Gasteiger partial charge in [0.25, 0.3) is 5.91 Å². The summed E-state index contributed by atoms with van der Waals surface area (Å²) in [5.41, 5.74) is 2.38. The first-order valence-corrected chi connectivity index (χ1v) is 14.7. The van der Waals surface area contributed by atoms with Crippen LogP contribution in [0.5, 0.6) is 0 Å². The Morgan fingerprint density at radius 2 is 1.79 bits per heavy atom. The van der Waals surface area contributed by atoms with Crippen molar-refractivity contribution < 1.29 is 24.5 Å². The van der Waals surface area contributed by atoms with Crippen molar-refractivity contribution in [1.82, 2.24) is 20.2 Å². The van der Waals surface area contributed by atoms with E-state index in [1.165, 1.54) is 0 Å². The molecule has 4 N–H and O–H groups in total. The van der Waals surface area contributed by atoms with Crippen molar-refractivity contribution in [2.75, 3.05) is 44.8 Å². The number of aliphatic hydroxyl groups excluding tert-OH is 1. The number of carboxylic acid groups (broad SMARTS) is 1. The SMILES string of the molecule is CC(C)(C)N(CC1CCC(CNC(=O)c2cc(-c3ccc(NCCOCCO)nc3)nc3ccccc23)CC1)C(=O)O. The standard InChI is InChI=1S/C32H43N5O5/c1-32(2,3)37(31(40)41)21-23-10-8-22(9-11-23)19-35-30(39)26-18-28(36-27-7-5-4-6-25(26)27)24-12-13-29(34-20-24)33-14-16-42-17-15-38/h4-7,12-13,18,20,22-23,38H,8-11,14-17,19,21H2,1-3H3,(H,33,34)(H,35,39)(H,40,41). The zero-order valence-corrected chi connectivity index (χ0v) is 24.8. The molecule has 4 rings (SSSR count). The summed E-state index contributed by atoms with van der Waals surface area (Å²) < 4.78 is 5.26. The number of hydrogen-bond donors (Lipinski definition) is 4. The smallest absolute Gasteiger partial charge is 0.407 e. The highest BCUT2D eigenvalue weighted by molar-refractivity contribution is 6.07. The Labute approximate surface area is 247 Å². The van der Waals surface area contributed by atoms with Crippen LogP contribution in [0.2, 0.25) is 0 Å². The van der Waals surface area contributed by atoms with Gasteiger partial charge in [-0.2, -0.15) is 0 Å². The summed E-state index contributed by atoms with van der Waals surface area (Å²) >= 11 is 0. The Balaban J connectivity index is 1.37.